The first-order valence-corrected chi connectivity index (χ1v) is 7.61. The Bertz CT molecular complexity index is 543. The minimum Gasteiger partial charge on any atom is -0.338 e. The predicted molar refractivity (Wildman–Crippen MR) is 81.2 cm³/mol. The number of aromatic nitrogens is 1. The average molecular weight is 294 g/mol. The van der Waals surface area contributed by atoms with E-state index < -0.39 is 0 Å². The number of benzene rings is 1. The Morgan fingerprint density at radius 3 is 2.74 bits per heavy atom. The molecule has 1 aliphatic rings. The second kappa shape index (κ2) is 5.49. The van der Waals surface area contributed by atoms with Crippen molar-refractivity contribution in [3.05, 3.63) is 46.4 Å². The molecule has 2 heterocycles. The molecular weight excluding hydrogens is 278 g/mol. The number of thiazole rings is 1. The van der Waals surface area contributed by atoms with Crippen LogP contribution >= 0.6 is 22.9 Å². The Balaban J connectivity index is 1.92. The largest absolute Gasteiger partial charge is 0.338 e. The number of halogens is 1. The highest BCUT2D eigenvalue weighted by atomic mass is 35.5. The number of hydrogen-bond acceptors (Lipinski definition) is 4. The van der Waals surface area contributed by atoms with Gasteiger partial charge in [-0.2, -0.15) is 0 Å². The molecule has 2 aromatic rings. The molecule has 0 amide bonds. The monoisotopic (exact) mass is 293 g/mol. The normalized spacial score (nSPS) is 20.7. The van der Waals surface area contributed by atoms with E-state index in [9.17, 15) is 0 Å². The Kier molecular flexibility index (Phi) is 3.73. The van der Waals surface area contributed by atoms with Gasteiger partial charge < -0.3 is 9.80 Å². The number of rotatable bonds is 2. The summed E-state index contributed by atoms with van der Waals surface area (Å²) < 4.78 is 0. The molecule has 1 aliphatic heterocycles. The van der Waals surface area contributed by atoms with E-state index in [1.807, 2.05) is 5.38 Å². The van der Waals surface area contributed by atoms with Gasteiger partial charge in [-0.25, -0.2) is 4.98 Å². The maximum absolute atomic E-state index is 5.96. The van der Waals surface area contributed by atoms with Gasteiger partial charge >= 0.3 is 0 Å². The van der Waals surface area contributed by atoms with Crippen molar-refractivity contribution in [1.29, 1.82) is 0 Å². The van der Waals surface area contributed by atoms with Crippen LogP contribution in [0.5, 0.6) is 0 Å². The van der Waals surface area contributed by atoms with E-state index in [1.165, 1.54) is 5.56 Å². The highest BCUT2D eigenvalue weighted by Crippen LogP contribution is 2.33. The van der Waals surface area contributed by atoms with Gasteiger partial charge in [0.2, 0.25) is 0 Å². The number of piperazine rings is 1. The van der Waals surface area contributed by atoms with Crippen molar-refractivity contribution >= 4 is 28.1 Å². The molecule has 1 aromatic carbocycles. The standard InChI is InChI=1S/C14H16ClN3S/c1-17-7-8-18(14-16-13(15)10-19-14)12(9-17)11-5-3-2-4-6-11/h2-6,10,12H,7-9H2,1H3. The summed E-state index contributed by atoms with van der Waals surface area (Å²) in [7, 11) is 2.17. The van der Waals surface area contributed by atoms with E-state index in [4.69, 9.17) is 11.6 Å². The van der Waals surface area contributed by atoms with E-state index >= 15 is 0 Å². The van der Waals surface area contributed by atoms with Gasteiger partial charge in [-0.1, -0.05) is 41.9 Å². The summed E-state index contributed by atoms with van der Waals surface area (Å²) in [5.41, 5.74) is 1.33. The lowest BCUT2D eigenvalue weighted by Crippen LogP contribution is -2.46. The Morgan fingerprint density at radius 2 is 2.05 bits per heavy atom. The third kappa shape index (κ3) is 2.76. The first-order chi connectivity index (χ1) is 9.24. The maximum Gasteiger partial charge on any atom is 0.187 e. The molecule has 0 saturated carbocycles. The van der Waals surface area contributed by atoms with E-state index in [0.717, 1.165) is 24.8 Å². The first-order valence-electron chi connectivity index (χ1n) is 6.35. The molecule has 1 saturated heterocycles. The molecule has 0 spiro atoms. The molecule has 0 bridgehead atoms. The van der Waals surface area contributed by atoms with Crippen molar-refractivity contribution in [3.8, 4) is 0 Å². The topological polar surface area (TPSA) is 19.4 Å². The van der Waals surface area contributed by atoms with Crippen LogP contribution in [0.15, 0.2) is 35.7 Å². The van der Waals surface area contributed by atoms with Crippen molar-refractivity contribution in [2.24, 2.45) is 0 Å². The van der Waals surface area contributed by atoms with Crippen molar-refractivity contribution in [3.63, 3.8) is 0 Å². The van der Waals surface area contributed by atoms with Crippen LogP contribution < -0.4 is 4.90 Å². The molecule has 0 N–H and O–H groups in total. The molecule has 1 fully saturated rings. The molecular formula is C14H16ClN3S. The highest BCUT2D eigenvalue weighted by molar-refractivity contribution is 7.14. The second-order valence-corrected chi connectivity index (χ2v) is 6.06. The van der Waals surface area contributed by atoms with Crippen molar-refractivity contribution in [2.75, 3.05) is 31.6 Å². The van der Waals surface area contributed by atoms with Crippen molar-refractivity contribution < 1.29 is 0 Å². The summed E-state index contributed by atoms with van der Waals surface area (Å²) in [5, 5.41) is 3.51. The second-order valence-electron chi connectivity index (χ2n) is 4.83. The summed E-state index contributed by atoms with van der Waals surface area (Å²) in [6, 6.07) is 11.0. The minimum absolute atomic E-state index is 0.349. The quantitative estimate of drug-likeness (QED) is 0.847. The number of hydrogen-bond donors (Lipinski definition) is 0. The lowest BCUT2D eigenvalue weighted by Gasteiger charge is -2.40. The van der Waals surface area contributed by atoms with Gasteiger partial charge in [0, 0.05) is 25.0 Å². The Hall–Kier alpha value is -1.10. The molecule has 100 valence electrons. The van der Waals surface area contributed by atoms with Crippen molar-refractivity contribution in [2.45, 2.75) is 6.04 Å². The van der Waals surface area contributed by atoms with Crippen LogP contribution in [-0.4, -0.2) is 36.6 Å². The molecule has 1 aromatic heterocycles. The lowest BCUT2D eigenvalue weighted by atomic mass is 10.0. The molecule has 3 nitrogen and oxygen atoms in total. The molecule has 1 atom stereocenters. The lowest BCUT2D eigenvalue weighted by molar-refractivity contribution is 0.269. The molecule has 3 rings (SSSR count). The number of likely N-dealkylation sites (N-methyl/N-ethyl adjacent to an activating group) is 1. The summed E-state index contributed by atoms with van der Waals surface area (Å²) in [6.45, 7) is 3.06. The van der Waals surface area contributed by atoms with Gasteiger partial charge in [-0.15, -0.1) is 11.3 Å². The zero-order valence-electron chi connectivity index (χ0n) is 10.8. The number of nitrogens with zero attached hydrogens (tertiary/aromatic N) is 3. The van der Waals surface area contributed by atoms with Crippen LogP contribution in [0.3, 0.4) is 0 Å². The van der Waals surface area contributed by atoms with E-state index in [0.29, 0.717) is 11.2 Å². The third-order valence-electron chi connectivity index (χ3n) is 3.48. The molecule has 1 unspecified atom stereocenters. The van der Waals surface area contributed by atoms with Crippen LogP contribution in [0.1, 0.15) is 11.6 Å². The van der Waals surface area contributed by atoms with Gasteiger partial charge in [0.05, 0.1) is 6.04 Å². The Morgan fingerprint density at radius 1 is 1.26 bits per heavy atom. The molecule has 5 heteroatoms. The highest BCUT2D eigenvalue weighted by Gasteiger charge is 2.28. The number of anilines is 1. The molecule has 0 aliphatic carbocycles. The van der Waals surface area contributed by atoms with Gasteiger partial charge in [0.1, 0.15) is 5.15 Å². The fourth-order valence-electron chi connectivity index (χ4n) is 2.49. The fourth-order valence-corrected chi connectivity index (χ4v) is 3.51. The summed E-state index contributed by atoms with van der Waals surface area (Å²) in [4.78, 5) is 9.16. The predicted octanol–water partition coefficient (Wildman–Crippen LogP) is 3.29. The van der Waals surface area contributed by atoms with Crippen LogP contribution in [0.4, 0.5) is 5.13 Å². The van der Waals surface area contributed by atoms with Gasteiger partial charge in [-0.3, -0.25) is 0 Å². The SMILES string of the molecule is CN1CCN(c2nc(Cl)cs2)C(c2ccccc2)C1. The van der Waals surface area contributed by atoms with E-state index in [1.54, 1.807) is 11.3 Å². The zero-order valence-corrected chi connectivity index (χ0v) is 12.4. The molecule has 19 heavy (non-hydrogen) atoms. The molecule has 0 radical (unpaired) electrons. The van der Waals surface area contributed by atoms with Crippen LogP contribution in [0, 0.1) is 0 Å². The van der Waals surface area contributed by atoms with E-state index in [-0.39, 0.29) is 0 Å². The zero-order chi connectivity index (χ0) is 13.2. The third-order valence-corrected chi connectivity index (χ3v) is 4.68. The minimum atomic E-state index is 0.349. The van der Waals surface area contributed by atoms with Gasteiger partial charge in [-0.05, 0) is 12.6 Å². The van der Waals surface area contributed by atoms with Crippen LogP contribution in [0.2, 0.25) is 5.15 Å². The summed E-state index contributed by atoms with van der Waals surface area (Å²) in [6.07, 6.45) is 0. The smallest absolute Gasteiger partial charge is 0.187 e. The Labute approximate surface area is 122 Å². The summed E-state index contributed by atoms with van der Waals surface area (Å²) in [5.74, 6) is 0. The van der Waals surface area contributed by atoms with Crippen LogP contribution in [-0.2, 0) is 0 Å². The fraction of sp³-hybridized carbons (Fsp3) is 0.357. The maximum atomic E-state index is 5.96. The van der Waals surface area contributed by atoms with Gasteiger partial charge in [0.25, 0.3) is 0 Å². The van der Waals surface area contributed by atoms with Gasteiger partial charge in [0.15, 0.2) is 5.13 Å². The average Bonchev–Trinajstić information content (AvgIpc) is 2.86. The van der Waals surface area contributed by atoms with E-state index in [2.05, 4.69) is 52.2 Å². The first kappa shape index (κ1) is 12.9. The summed E-state index contributed by atoms with van der Waals surface area (Å²) >= 11 is 7.58. The van der Waals surface area contributed by atoms with Crippen molar-refractivity contribution in [1.82, 2.24) is 9.88 Å². The van der Waals surface area contributed by atoms with Crippen LogP contribution in [0.25, 0.3) is 0 Å².